The summed E-state index contributed by atoms with van der Waals surface area (Å²) in [7, 11) is 1.54. The second kappa shape index (κ2) is 4.45. The summed E-state index contributed by atoms with van der Waals surface area (Å²) < 4.78 is 9.93. The third-order valence-corrected chi connectivity index (χ3v) is 2.61. The van der Waals surface area contributed by atoms with E-state index in [4.69, 9.17) is 9.47 Å². The van der Waals surface area contributed by atoms with Crippen LogP contribution < -0.4 is 10.1 Å². The predicted molar refractivity (Wildman–Crippen MR) is 61.0 cm³/mol. The Morgan fingerprint density at radius 2 is 2.24 bits per heavy atom. The lowest BCUT2D eigenvalue weighted by Gasteiger charge is -2.08. The summed E-state index contributed by atoms with van der Waals surface area (Å²) in [5, 5.41) is 2.64. The van der Waals surface area contributed by atoms with Gasteiger partial charge in [-0.1, -0.05) is 6.07 Å². The fourth-order valence-electron chi connectivity index (χ4n) is 1.83. The molecule has 1 heterocycles. The Hall–Kier alpha value is -2.04. The van der Waals surface area contributed by atoms with E-state index >= 15 is 0 Å². The first-order valence-electron chi connectivity index (χ1n) is 5.32. The maximum Gasteiger partial charge on any atom is 0.323 e. The Labute approximate surface area is 98.7 Å². The van der Waals surface area contributed by atoms with Crippen LogP contribution in [-0.4, -0.2) is 25.6 Å². The maximum absolute atomic E-state index is 11.7. The molecule has 17 heavy (non-hydrogen) atoms. The van der Waals surface area contributed by atoms with Gasteiger partial charge in [0.25, 0.3) is 0 Å². The van der Waals surface area contributed by atoms with Crippen LogP contribution in [0.5, 0.6) is 5.75 Å². The highest BCUT2D eigenvalue weighted by molar-refractivity contribution is 6.15. The zero-order valence-corrected chi connectivity index (χ0v) is 9.65. The number of carbonyl (C=O) groups excluding carboxylic acids is 2. The molecule has 1 aliphatic heterocycles. The highest BCUT2D eigenvalue weighted by Gasteiger charge is 2.37. The number of fused-ring (bicyclic) bond motifs is 1. The number of esters is 1. The van der Waals surface area contributed by atoms with E-state index in [0.717, 1.165) is 0 Å². The van der Waals surface area contributed by atoms with Gasteiger partial charge in [-0.15, -0.1) is 0 Å². The quantitative estimate of drug-likeness (QED) is 0.633. The van der Waals surface area contributed by atoms with Crippen LogP contribution in [0.1, 0.15) is 18.4 Å². The highest BCUT2D eigenvalue weighted by atomic mass is 16.5. The van der Waals surface area contributed by atoms with Crippen LogP contribution in [0.3, 0.4) is 0 Å². The van der Waals surface area contributed by atoms with Crippen LogP contribution in [0.15, 0.2) is 18.2 Å². The Bertz CT molecular complexity index is 470. The zero-order valence-electron chi connectivity index (χ0n) is 9.65. The number of benzene rings is 1. The van der Waals surface area contributed by atoms with Crippen molar-refractivity contribution in [2.75, 3.05) is 19.0 Å². The van der Waals surface area contributed by atoms with Gasteiger partial charge in [0.15, 0.2) is 5.92 Å². The Kier molecular flexibility index (Phi) is 2.99. The molecule has 1 amide bonds. The van der Waals surface area contributed by atoms with Crippen molar-refractivity contribution in [1.82, 2.24) is 0 Å². The van der Waals surface area contributed by atoms with Crippen molar-refractivity contribution in [2.24, 2.45) is 0 Å². The summed E-state index contributed by atoms with van der Waals surface area (Å²) in [6.45, 7) is 1.97. The second-order valence-electron chi connectivity index (χ2n) is 3.63. The van der Waals surface area contributed by atoms with Crippen molar-refractivity contribution in [3.8, 4) is 5.75 Å². The average Bonchev–Trinajstić information content (AvgIpc) is 2.64. The third-order valence-electron chi connectivity index (χ3n) is 2.61. The molecular weight excluding hydrogens is 222 g/mol. The lowest BCUT2D eigenvalue weighted by Crippen LogP contribution is -2.22. The number of amides is 1. The van der Waals surface area contributed by atoms with Crippen molar-refractivity contribution in [1.29, 1.82) is 0 Å². The summed E-state index contributed by atoms with van der Waals surface area (Å²) in [6.07, 6.45) is 0. The van der Waals surface area contributed by atoms with E-state index < -0.39 is 11.9 Å². The number of hydrogen-bond acceptors (Lipinski definition) is 4. The lowest BCUT2D eigenvalue weighted by molar-refractivity contribution is -0.147. The van der Waals surface area contributed by atoms with Crippen molar-refractivity contribution in [3.63, 3.8) is 0 Å². The summed E-state index contributed by atoms with van der Waals surface area (Å²) in [4.78, 5) is 23.4. The molecule has 0 spiro atoms. The van der Waals surface area contributed by atoms with Crippen LogP contribution in [0.25, 0.3) is 0 Å². The standard InChI is InChI=1S/C12H13NO4/c1-3-17-12(15)10-8-5-4-7(16-2)6-9(8)13-11(10)14/h4-6,10H,3H2,1-2H3,(H,13,14)/t10-/m1/s1. The maximum atomic E-state index is 11.7. The van der Waals surface area contributed by atoms with Gasteiger partial charge in [0.1, 0.15) is 5.75 Å². The van der Waals surface area contributed by atoms with E-state index in [2.05, 4.69) is 5.32 Å². The normalized spacial score (nSPS) is 17.3. The number of anilines is 1. The molecule has 0 saturated heterocycles. The van der Waals surface area contributed by atoms with Gasteiger partial charge >= 0.3 is 5.97 Å². The minimum Gasteiger partial charge on any atom is -0.497 e. The van der Waals surface area contributed by atoms with Gasteiger partial charge < -0.3 is 14.8 Å². The van der Waals surface area contributed by atoms with E-state index in [1.807, 2.05) is 0 Å². The molecule has 0 aromatic heterocycles. The van der Waals surface area contributed by atoms with Gasteiger partial charge in [0.05, 0.1) is 13.7 Å². The van der Waals surface area contributed by atoms with Crippen LogP contribution in [0, 0.1) is 0 Å². The fourth-order valence-corrected chi connectivity index (χ4v) is 1.83. The molecule has 90 valence electrons. The van der Waals surface area contributed by atoms with Gasteiger partial charge in [-0.05, 0) is 18.6 Å². The van der Waals surface area contributed by atoms with Crippen molar-refractivity contribution >= 4 is 17.6 Å². The first-order chi connectivity index (χ1) is 8.17. The number of hydrogen-bond donors (Lipinski definition) is 1. The minimum atomic E-state index is -0.865. The third kappa shape index (κ3) is 1.95. The Morgan fingerprint density at radius 3 is 2.88 bits per heavy atom. The summed E-state index contributed by atoms with van der Waals surface area (Å²) in [5.41, 5.74) is 1.24. The molecule has 0 unspecified atom stereocenters. The van der Waals surface area contributed by atoms with Crippen molar-refractivity contribution in [2.45, 2.75) is 12.8 Å². The zero-order chi connectivity index (χ0) is 12.4. The molecule has 1 N–H and O–H groups in total. The SMILES string of the molecule is CCOC(=O)[C@H]1C(=O)Nc2cc(OC)ccc21. The number of nitrogens with one attached hydrogen (secondary N) is 1. The van der Waals surface area contributed by atoms with Gasteiger partial charge in [0.2, 0.25) is 5.91 Å². The van der Waals surface area contributed by atoms with Crippen LogP contribution in [0.2, 0.25) is 0 Å². The topological polar surface area (TPSA) is 64.6 Å². The second-order valence-corrected chi connectivity index (χ2v) is 3.63. The fraction of sp³-hybridized carbons (Fsp3) is 0.333. The van der Waals surface area contributed by atoms with E-state index in [9.17, 15) is 9.59 Å². The molecule has 1 aliphatic rings. The molecule has 0 aliphatic carbocycles. The van der Waals surface area contributed by atoms with Gasteiger partial charge in [-0.2, -0.15) is 0 Å². The smallest absolute Gasteiger partial charge is 0.323 e. The predicted octanol–water partition coefficient (Wildman–Crippen LogP) is 1.29. The molecule has 1 aromatic carbocycles. The molecule has 0 radical (unpaired) electrons. The molecule has 0 saturated carbocycles. The van der Waals surface area contributed by atoms with Crippen LogP contribution in [-0.2, 0) is 14.3 Å². The van der Waals surface area contributed by atoms with Crippen molar-refractivity contribution < 1.29 is 19.1 Å². The van der Waals surface area contributed by atoms with Gasteiger partial charge in [-0.3, -0.25) is 9.59 Å². The van der Waals surface area contributed by atoms with E-state index in [-0.39, 0.29) is 12.5 Å². The van der Waals surface area contributed by atoms with E-state index in [0.29, 0.717) is 17.0 Å². The number of rotatable bonds is 3. The summed E-state index contributed by atoms with van der Waals surface area (Å²) in [5.74, 6) is -1.11. The average molecular weight is 235 g/mol. The molecule has 0 fully saturated rings. The van der Waals surface area contributed by atoms with Crippen LogP contribution >= 0.6 is 0 Å². The number of ether oxygens (including phenoxy) is 2. The van der Waals surface area contributed by atoms with Crippen LogP contribution in [0.4, 0.5) is 5.69 Å². The van der Waals surface area contributed by atoms with Gasteiger partial charge in [0, 0.05) is 11.8 Å². The Balaban J connectivity index is 2.34. The molecule has 1 atom stereocenters. The molecule has 1 aromatic rings. The van der Waals surface area contributed by atoms with E-state index in [1.165, 1.54) is 0 Å². The first-order valence-corrected chi connectivity index (χ1v) is 5.32. The van der Waals surface area contributed by atoms with E-state index in [1.54, 1.807) is 32.2 Å². The summed E-state index contributed by atoms with van der Waals surface area (Å²) in [6, 6.07) is 5.10. The number of methoxy groups -OCH3 is 1. The molecule has 0 bridgehead atoms. The molecular formula is C12H13NO4. The first kappa shape index (κ1) is 11.4. The van der Waals surface area contributed by atoms with Crippen molar-refractivity contribution in [3.05, 3.63) is 23.8 Å². The highest BCUT2D eigenvalue weighted by Crippen LogP contribution is 2.35. The largest absolute Gasteiger partial charge is 0.497 e. The summed E-state index contributed by atoms with van der Waals surface area (Å²) >= 11 is 0. The molecule has 2 rings (SSSR count). The monoisotopic (exact) mass is 235 g/mol. The lowest BCUT2D eigenvalue weighted by atomic mass is 10.0. The Morgan fingerprint density at radius 1 is 1.47 bits per heavy atom. The minimum absolute atomic E-state index is 0.258. The molecule has 5 heteroatoms. The number of carbonyl (C=O) groups is 2. The molecule has 5 nitrogen and oxygen atoms in total. The van der Waals surface area contributed by atoms with Gasteiger partial charge in [-0.25, -0.2) is 0 Å².